The molecule has 5 heteroatoms. The molecule has 3 rings (SSSR count). The van der Waals surface area contributed by atoms with E-state index >= 15 is 0 Å². The molecule has 1 amide bonds. The quantitative estimate of drug-likeness (QED) is 0.501. The average Bonchev–Trinajstić information content (AvgIpc) is 2.68. The van der Waals surface area contributed by atoms with Crippen molar-refractivity contribution in [3.63, 3.8) is 0 Å². The lowest BCUT2D eigenvalue weighted by Gasteiger charge is -2.46. The van der Waals surface area contributed by atoms with Gasteiger partial charge in [0.25, 0.3) is 11.6 Å². The molecule has 1 aliphatic carbocycles. The van der Waals surface area contributed by atoms with Gasteiger partial charge < -0.3 is 0 Å². The molecule has 1 aliphatic rings. The van der Waals surface area contributed by atoms with Crippen molar-refractivity contribution in [3.05, 3.63) is 64.2 Å². The molecule has 0 heterocycles. The van der Waals surface area contributed by atoms with Gasteiger partial charge in [0, 0.05) is 6.07 Å². The number of nitrogens with zero attached hydrogens (tertiary/aromatic N) is 2. The lowest BCUT2D eigenvalue weighted by atomic mass is 9.65. The molecule has 28 heavy (non-hydrogen) atoms. The van der Waals surface area contributed by atoms with Crippen LogP contribution in [-0.4, -0.2) is 16.4 Å². The summed E-state index contributed by atoms with van der Waals surface area (Å²) in [7, 11) is 0. The number of hydrogen-bond acceptors (Lipinski definition) is 3. The molecule has 2 aromatic carbocycles. The summed E-state index contributed by atoms with van der Waals surface area (Å²) < 4.78 is 0. The first-order chi connectivity index (χ1) is 13.2. The van der Waals surface area contributed by atoms with Crippen LogP contribution >= 0.6 is 0 Å². The van der Waals surface area contributed by atoms with Crippen LogP contribution in [0.15, 0.2) is 48.5 Å². The van der Waals surface area contributed by atoms with Crippen LogP contribution < -0.4 is 5.32 Å². The van der Waals surface area contributed by atoms with Crippen molar-refractivity contribution in [1.82, 2.24) is 5.32 Å². The van der Waals surface area contributed by atoms with Crippen LogP contribution in [0.2, 0.25) is 0 Å². The van der Waals surface area contributed by atoms with E-state index in [4.69, 9.17) is 0 Å². The van der Waals surface area contributed by atoms with E-state index in [0.717, 1.165) is 37.7 Å². The molecule has 0 unspecified atom stereocenters. The largest absolute Gasteiger partial charge is 0.282 e. The summed E-state index contributed by atoms with van der Waals surface area (Å²) in [5.74, 6) is -0.483. The van der Waals surface area contributed by atoms with Crippen molar-refractivity contribution in [2.75, 3.05) is 0 Å². The molecular weight excluding hydrogens is 352 g/mol. The van der Waals surface area contributed by atoms with Crippen LogP contribution in [0, 0.1) is 15.5 Å². The molecule has 1 saturated carbocycles. The van der Waals surface area contributed by atoms with E-state index < -0.39 is 16.4 Å². The zero-order chi connectivity index (χ0) is 20.4. The fourth-order valence-electron chi connectivity index (χ4n) is 4.09. The fourth-order valence-corrected chi connectivity index (χ4v) is 4.09. The van der Waals surface area contributed by atoms with Crippen molar-refractivity contribution in [2.45, 2.75) is 58.4 Å². The van der Waals surface area contributed by atoms with Crippen LogP contribution in [-0.2, 0) is 0 Å². The van der Waals surface area contributed by atoms with E-state index in [1.165, 1.54) is 6.07 Å². The molecule has 1 radical (unpaired) electrons. The van der Waals surface area contributed by atoms with E-state index in [1.54, 1.807) is 12.1 Å². The molecule has 0 N–H and O–H groups in total. The van der Waals surface area contributed by atoms with E-state index in [9.17, 15) is 14.9 Å². The van der Waals surface area contributed by atoms with Gasteiger partial charge in [-0.05, 0) is 35.4 Å². The van der Waals surface area contributed by atoms with Crippen molar-refractivity contribution in [1.29, 1.82) is 0 Å². The third kappa shape index (κ3) is 3.93. The highest BCUT2D eigenvalue weighted by atomic mass is 16.6. The smallest absolute Gasteiger partial charge is 0.267 e. The maximum absolute atomic E-state index is 13.1. The molecule has 0 bridgehead atoms. The first-order valence-electron chi connectivity index (χ1n) is 9.85. The van der Waals surface area contributed by atoms with Gasteiger partial charge >= 0.3 is 0 Å². The lowest BCUT2D eigenvalue weighted by Crippen LogP contribution is -2.54. The highest BCUT2D eigenvalue weighted by Crippen LogP contribution is 2.43. The van der Waals surface area contributed by atoms with Crippen LogP contribution in [0.4, 0.5) is 5.69 Å². The predicted molar refractivity (Wildman–Crippen MR) is 110 cm³/mol. The van der Waals surface area contributed by atoms with Crippen LogP contribution in [0.1, 0.15) is 63.2 Å². The van der Waals surface area contributed by atoms with Gasteiger partial charge in [0.2, 0.25) is 0 Å². The second-order valence-corrected chi connectivity index (χ2v) is 8.61. The number of benzene rings is 2. The van der Waals surface area contributed by atoms with Gasteiger partial charge in [0.05, 0.1) is 10.5 Å². The third-order valence-corrected chi connectivity index (χ3v) is 5.92. The minimum atomic E-state index is -0.486. The second-order valence-electron chi connectivity index (χ2n) is 8.61. The molecule has 0 spiro atoms. The first-order valence-corrected chi connectivity index (χ1v) is 9.85. The molecule has 0 aliphatic heterocycles. The molecule has 0 saturated heterocycles. The third-order valence-electron chi connectivity index (χ3n) is 5.92. The lowest BCUT2D eigenvalue weighted by molar-refractivity contribution is -0.385. The molecular formula is C23H27N2O3. The highest BCUT2D eigenvalue weighted by Gasteiger charge is 2.46. The number of amides is 1. The van der Waals surface area contributed by atoms with Gasteiger partial charge in [-0.15, -0.1) is 0 Å². The molecule has 0 atom stereocenters. The van der Waals surface area contributed by atoms with E-state index in [1.807, 2.05) is 30.3 Å². The van der Waals surface area contributed by atoms with Crippen LogP contribution in [0.5, 0.6) is 0 Å². The molecule has 0 aromatic heterocycles. The average molecular weight is 379 g/mol. The first kappa shape index (κ1) is 20.1. The maximum atomic E-state index is 13.1. The normalized spacial score (nSPS) is 16.4. The number of carbonyl (C=O) groups excluding carboxylic acids is 1. The summed E-state index contributed by atoms with van der Waals surface area (Å²) in [5, 5.41) is 16.3. The zero-order valence-electron chi connectivity index (χ0n) is 16.8. The summed E-state index contributed by atoms with van der Waals surface area (Å²) in [6.07, 6.45) is 4.90. The molecule has 5 nitrogen and oxygen atoms in total. The minimum absolute atomic E-state index is 0.0684. The Hall–Kier alpha value is -2.69. The Morgan fingerprint density at radius 2 is 1.64 bits per heavy atom. The summed E-state index contributed by atoms with van der Waals surface area (Å²) in [5.41, 5.74) is 0.830. The SMILES string of the molecule is CC(C)(C)C1([N]C(=O)c2ccc(-c3ccccc3)cc2[N+](=O)[O-])CCCCC1. The fraction of sp³-hybridized carbons (Fsp3) is 0.435. The number of rotatable bonds is 4. The van der Waals surface area contributed by atoms with Crippen LogP contribution in [0.3, 0.4) is 0 Å². The Labute approximate surface area is 166 Å². The van der Waals surface area contributed by atoms with Crippen LogP contribution in [0.25, 0.3) is 11.1 Å². The van der Waals surface area contributed by atoms with Crippen molar-refractivity contribution >= 4 is 11.6 Å². The Morgan fingerprint density at radius 3 is 2.21 bits per heavy atom. The summed E-state index contributed by atoms with van der Waals surface area (Å²) in [4.78, 5) is 24.3. The molecule has 2 aromatic rings. The maximum Gasteiger partial charge on any atom is 0.282 e. The van der Waals surface area contributed by atoms with E-state index in [2.05, 4.69) is 26.1 Å². The Bertz CT molecular complexity index is 863. The number of hydrogen-bond donors (Lipinski definition) is 0. The summed E-state index contributed by atoms with van der Waals surface area (Å²) in [6.45, 7) is 6.30. The highest BCUT2D eigenvalue weighted by molar-refractivity contribution is 5.99. The van der Waals surface area contributed by atoms with Crippen molar-refractivity contribution in [3.8, 4) is 11.1 Å². The second kappa shape index (κ2) is 7.74. The van der Waals surface area contributed by atoms with Gasteiger partial charge in [-0.2, -0.15) is 0 Å². The van der Waals surface area contributed by atoms with Crippen molar-refractivity contribution < 1.29 is 9.72 Å². The monoisotopic (exact) mass is 379 g/mol. The predicted octanol–water partition coefficient (Wildman–Crippen LogP) is 5.76. The Kier molecular flexibility index (Phi) is 5.54. The summed E-state index contributed by atoms with van der Waals surface area (Å²) in [6, 6.07) is 14.2. The van der Waals surface area contributed by atoms with E-state index in [-0.39, 0.29) is 16.7 Å². The number of carbonyl (C=O) groups is 1. The van der Waals surface area contributed by atoms with Crippen molar-refractivity contribution in [2.24, 2.45) is 5.41 Å². The number of nitro benzene ring substituents is 1. The molecule has 1 fully saturated rings. The standard InChI is InChI=1S/C23H27N2O3/c1-22(2,3)23(14-8-5-9-15-23)24-21(26)19-13-12-18(16-20(19)25(27)28)17-10-6-4-7-11-17/h4,6-7,10-13,16H,5,8-9,14-15H2,1-3H3. The van der Waals surface area contributed by atoms with E-state index in [0.29, 0.717) is 5.56 Å². The minimum Gasteiger partial charge on any atom is -0.267 e. The number of nitro groups is 1. The Morgan fingerprint density at radius 1 is 1.00 bits per heavy atom. The zero-order valence-corrected chi connectivity index (χ0v) is 16.8. The van der Waals surface area contributed by atoms with Gasteiger partial charge in [-0.3, -0.25) is 14.9 Å². The van der Waals surface area contributed by atoms with Gasteiger partial charge in [0.15, 0.2) is 0 Å². The van der Waals surface area contributed by atoms with Gasteiger partial charge in [0.1, 0.15) is 5.56 Å². The molecule has 147 valence electrons. The topological polar surface area (TPSA) is 74.3 Å². The summed E-state index contributed by atoms with van der Waals surface area (Å²) >= 11 is 0. The van der Waals surface area contributed by atoms with Gasteiger partial charge in [-0.1, -0.05) is 76.4 Å². The van der Waals surface area contributed by atoms with Gasteiger partial charge in [-0.25, -0.2) is 5.32 Å². The Balaban J connectivity index is 1.96.